The standard InChI is InChI=1S/C18H18BNO/c1-19(2)17-9-10-18(21)20(13-17)12-14-7-8-15-5-3-4-6-16(15)11-14/h3-11,13H,12H2,1-2H3. The first-order valence-electron chi connectivity index (χ1n) is 7.31. The lowest BCUT2D eigenvalue weighted by Gasteiger charge is -2.10. The predicted molar refractivity (Wildman–Crippen MR) is 90.9 cm³/mol. The van der Waals surface area contributed by atoms with Gasteiger partial charge in [0.15, 0.2) is 6.71 Å². The molecule has 3 rings (SSSR count). The highest BCUT2D eigenvalue weighted by atomic mass is 16.1. The van der Waals surface area contributed by atoms with Crippen molar-refractivity contribution in [1.82, 2.24) is 4.57 Å². The molecule has 104 valence electrons. The molecule has 2 aromatic carbocycles. The molecule has 0 aliphatic rings. The lowest BCUT2D eigenvalue weighted by Crippen LogP contribution is -2.30. The van der Waals surface area contributed by atoms with E-state index in [1.165, 1.54) is 16.2 Å². The van der Waals surface area contributed by atoms with E-state index in [0.29, 0.717) is 13.3 Å². The van der Waals surface area contributed by atoms with E-state index in [1.54, 1.807) is 10.6 Å². The Labute approximate surface area is 125 Å². The Balaban J connectivity index is 1.98. The third-order valence-electron chi connectivity index (χ3n) is 3.84. The first-order valence-corrected chi connectivity index (χ1v) is 7.31. The number of nitrogens with zero attached hydrogens (tertiary/aromatic N) is 1. The van der Waals surface area contributed by atoms with E-state index in [9.17, 15) is 4.79 Å². The van der Waals surface area contributed by atoms with Gasteiger partial charge in [-0.2, -0.15) is 0 Å². The fraction of sp³-hybridized carbons (Fsp3) is 0.167. The van der Waals surface area contributed by atoms with Gasteiger partial charge in [-0.05, 0) is 22.4 Å². The largest absolute Gasteiger partial charge is 0.312 e. The summed E-state index contributed by atoms with van der Waals surface area (Å²) < 4.78 is 1.79. The minimum Gasteiger partial charge on any atom is -0.312 e. The van der Waals surface area contributed by atoms with Crippen molar-refractivity contribution in [3.8, 4) is 0 Å². The molecule has 0 saturated heterocycles. The molecule has 1 heterocycles. The minimum absolute atomic E-state index is 0.0487. The second kappa shape index (κ2) is 5.61. The highest BCUT2D eigenvalue weighted by molar-refractivity contribution is 6.70. The Morgan fingerprint density at radius 2 is 1.71 bits per heavy atom. The van der Waals surface area contributed by atoms with Gasteiger partial charge in [0.1, 0.15) is 0 Å². The van der Waals surface area contributed by atoms with Gasteiger partial charge in [-0.25, -0.2) is 0 Å². The van der Waals surface area contributed by atoms with Crippen LogP contribution in [0.2, 0.25) is 13.6 Å². The van der Waals surface area contributed by atoms with Gasteiger partial charge in [0.05, 0.1) is 6.54 Å². The molecule has 3 aromatic rings. The molecule has 0 aliphatic carbocycles. The molecule has 2 nitrogen and oxygen atoms in total. The number of hydrogen-bond donors (Lipinski definition) is 0. The molecule has 3 heteroatoms. The molecule has 0 N–H and O–H groups in total. The van der Waals surface area contributed by atoms with Crippen LogP contribution in [0, 0.1) is 0 Å². The van der Waals surface area contributed by atoms with Crippen LogP contribution in [0.3, 0.4) is 0 Å². The summed E-state index contributed by atoms with van der Waals surface area (Å²) in [7, 11) is 0. The van der Waals surface area contributed by atoms with Gasteiger partial charge in [-0.1, -0.05) is 61.6 Å². The Kier molecular flexibility index (Phi) is 3.65. The monoisotopic (exact) mass is 275 g/mol. The molecule has 0 amide bonds. The van der Waals surface area contributed by atoms with Crippen molar-refractivity contribution in [1.29, 1.82) is 0 Å². The summed E-state index contributed by atoms with van der Waals surface area (Å²) in [5.41, 5.74) is 2.39. The van der Waals surface area contributed by atoms with Crippen molar-refractivity contribution in [2.45, 2.75) is 20.2 Å². The van der Waals surface area contributed by atoms with Crippen molar-refractivity contribution in [3.63, 3.8) is 0 Å². The molecular weight excluding hydrogens is 257 g/mol. The zero-order valence-corrected chi connectivity index (χ0v) is 12.4. The summed E-state index contributed by atoms with van der Waals surface area (Å²) in [4.78, 5) is 12.0. The van der Waals surface area contributed by atoms with Crippen molar-refractivity contribution >= 4 is 22.9 Å². The summed E-state index contributed by atoms with van der Waals surface area (Å²) in [5.74, 6) is 0. The van der Waals surface area contributed by atoms with Crippen LogP contribution in [-0.4, -0.2) is 11.3 Å². The molecular formula is C18H18BNO. The Bertz CT molecular complexity index is 836. The summed E-state index contributed by atoms with van der Waals surface area (Å²) in [6.07, 6.45) is 1.97. The van der Waals surface area contributed by atoms with Gasteiger partial charge < -0.3 is 4.57 Å². The fourth-order valence-corrected chi connectivity index (χ4v) is 2.55. The summed E-state index contributed by atoms with van der Waals surface area (Å²) in [6.45, 7) is 5.32. The van der Waals surface area contributed by atoms with Crippen molar-refractivity contribution in [2.24, 2.45) is 0 Å². The maximum Gasteiger partial charge on any atom is 0.250 e. The third-order valence-corrected chi connectivity index (χ3v) is 3.84. The molecule has 0 fully saturated rings. The second-order valence-corrected chi connectivity index (χ2v) is 5.76. The van der Waals surface area contributed by atoms with Gasteiger partial charge in [0.2, 0.25) is 0 Å². The van der Waals surface area contributed by atoms with E-state index in [1.807, 2.05) is 24.4 Å². The van der Waals surface area contributed by atoms with Gasteiger partial charge in [-0.3, -0.25) is 4.79 Å². The van der Waals surface area contributed by atoms with Gasteiger partial charge in [0.25, 0.3) is 5.56 Å². The average Bonchev–Trinajstić information content (AvgIpc) is 2.49. The van der Waals surface area contributed by atoms with Gasteiger partial charge in [0, 0.05) is 12.3 Å². The minimum atomic E-state index is 0.0487. The van der Waals surface area contributed by atoms with E-state index in [-0.39, 0.29) is 5.56 Å². The van der Waals surface area contributed by atoms with E-state index in [0.717, 1.165) is 5.56 Å². The third kappa shape index (κ3) is 2.92. The number of hydrogen-bond acceptors (Lipinski definition) is 1. The highest BCUT2D eigenvalue weighted by Crippen LogP contribution is 2.15. The molecule has 0 aliphatic heterocycles. The topological polar surface area (TPSA) is 22.0 Å². The molecule has 0 bridgehead atoms. The maximum absolute atomic E-state index is 12.0. The Morgan fingerprint density at radius 1 is 0.952 bits per heavy atom. The molecule has 1 aromatic heterocycles. The quantitative estimate of drug-likeness (QED) is 0.673. The molecule has 21 heavy (non-hydrogen) atoms. The summed E-state index contributed by atoms with van der Waals surface area (Å²) in [6, 6.07) is 18.2. The van der Waals surface area contributed by atoms with Crippen LogP contribution in [0.15, 0.2) is 65.6 Å². The van der Waals surface area contributed by atoms with Crippen LogP contribution in [-0.2, 0) is 6.54 Å². The first kappa shape index (κ1) is 13.7. The smallest absolute Gasteiger partial charge is 0.250 e. The van der Waals surface area contributed by atoms with Crippen molar-refractivity contribution in [2.75, 3.05) is 0 Å². The summed E-state index contributed by atoms with van der Waals surface area (Å²) >= 11 is 0. The lowest BCUT2D eigenvalue weighted by molar-refractivity contribution is 0.764. The summed E-state index contributed by atoms with van der Waals surface area (Å²) in [5, 5.41) is 2.44. The van der Waals surface area contributed by atoms with E-state index >= 15 is 0 Å². The number of benzene rings is 2. The van der Waals surface area contributed by atoms with Crippen molar-refractivity contribution in [3.05, 3.63) is 76.7 Å². The maximum atomic E-state index is 12.0. The molecule has 0 spiro atoms. The zero-order chi connectivity index (χ0) is 14.8. The van der Waals surface area contributed by atoms with Crippen molar-refractivity contribution < 1.29 is 0 Å². The van der Waals surface area contributed by atoms with Crippen LogP contribution < -0.4 is 11.0 Å². The van der Waals surface area contributed by atoms with Gasteiger partial charge in [-0.15, -0.1) is 0 Å². The number of rotatable bonds is 3. The molecule has 0 saturated carbocycles. The number of fused-ring (bicyclic) bond motifs is 1. The van der Waals surface area contributed by atoms with Crippen LogP contribution >= 0.6 is 0 Å². The van der Waals surface area contributed by atoms with Crippen LogP contribution in [0.5, 0.6) is 0 Å². The number of aromatic nitrogens is 1. The average molecular weight is 275 g/mol. The fourth-order valence-electron chi connectivity index (χ4n) is 2.55. The first-order chi connectivity index (χ1) is 10.1. The van der Waals surface area contributed by atoms with E-state index in [2.05, 4.69) is 44.0 Å². The van der Waals surface area contributed by atoms with Crippen LogP contribution in [0.4, 0.5) is 0 Å². The van der Waals surface area contributed by atoms with E-state index in [4.69, 9.17) is 0 Å². The highest BCUT2D eigenvalue weighted by Gasteiger charge is 2.06. The predicted octanol–water partition coefficient (Wildman–Crippen LogP) is 3.01. The van der Waals surface area contributed by atoms with Crippen LogP contribution in [0.25, 0.3) is 10.8 Å². The normalized spacial score (nSPS) is 10.8. The molecule has 0 radical (unpaired) electrons. The Morgan fingerprint density at radius 3 is 2.48 bits per heavy atom. The second-order valence-electron chi connectivity index (χ2n) is 5.76. The van der Waals surface area contributed by atoms with Gasteiger partial charge >= 0.3 is 0 Å². The SMILES string of the molecule is CB(C)c1ccc(=O)n(Cc2ccc3ccccc3c2)c1. The Hall–Kier alpha value is -2.29. The van der Waals surface area contributed by atoms with Crippen LogP contribution in [0.1, 0.15) is 5.56 Å². The zero-order valence-electron chi connectivity index (χ0n) is 12.4. The number of pyridine rings is 1. The molecule has 0 unspecified atom stereocenters. The lowest BCUT2D eigenvalue weighted by atomic mass is 9.50. The molecule has 0 atom stereocenters. The van der Waals surface area contributed by atoms with E-state index < -0.39 is 0 Å².